The number of carbonyl (C=O) groups excluding carboxylic acids is 1. The van der Waals surface area contributed by atoms with Crippen molar-refractivity contribution in [3.63, 3.8) is 0 Å². The number of hydrogen-bond donors (Lipinski definition) is 2. The van der Waals surface area contributed by atoms with E-state index in [1.165, 1.54) is 53.2 Å². The highest BCUT2D eigenvalue weighted by atomic mass is 32.1. The van der Waals surface area contributed by atoms with Crippen molar-refractivity contribution in [1.29, 1.82) is 0 Å². The zero-order valence-electron chi connectivity index (χ0n) is 23.1. The van der Waals surface area contributed by atoms with E-state index in [2.05, 4.69) is 34.0 Å². The summed E-state index contributed by atoms with van der Waals surface area (Å²) in [5.41, 5.74) is 9.76. The number of aromatic nitrogens is 2. The van der Waals surface area contributed by atoms with Gasteiger partial charge >= 0.3 is 0 Å². The maximum Gasteiger partial charge on any atom is 0.161 e. The van der Waals surface area contributed by atoms with Crippen LogP contribution < -0.4 is 5.73 Å². The number of aliphatic hydroxyl groups excluding tert-OH is 1. The number of aliphatic imine (C=N–C) groups is 1. The van der Waals surface area contributed by atoms with Crippen molar-refractivity contribution in [2.24, 2.45) is 4.99 Å². The molecule has 39 heavy (non-hydrogen) atoms. The van der Waals surface area contributed by atoms with Gasteiger partial charge in [-0.05, 0) is 77.6 Å². The Morgan fingerprint density at radius 3 is 1.69 bits per heavy atom. The molecule has 3 N–H and O–H groups in total. The molecule has 2 aliphatic carbocycles. The highest BCUT2D eigenvalue weighted by Gasteiger charge is 2.27. The minimum Gasteiger partial charge on any atom is -0.399 e. The average Bonchev–Trinajstić information content (AvgIpc) is 3.85. The standard InChI is InChI=1S/C14H14N2S.C7H7NOS.C7H9N.C3H8O/c1-10-2-6-12(7-3-10)15-8-13-9-16-14(17-13)11-4-5-11;9-4-6-3-8-7(10-6)5-1-2-5;1-6-2-4-7(8)5-3-6;1-3(2)4/h2-3,6-9,11H,4-5H2,1H3;3-5H,1-2H2;2-5H,8H2,1H3;3-4H,1-2H3. The second-order valence-electron chi connectivity index (χ2n) is 9.97. The van der Waals surface area contributed by atoms with Gasteiger partial charge in [0.15, 0.2) is 6.29 Å². The average molecular weight is 563 g/mol. The molecular formula is C31H38N4O2S2. The van der Waals surface area contributed by atoms with Crippen molar-refractivity contribution in [1.82, 2.24) is 9.97 Å². The number of nitrogens with zero attached hydrogens (tertiary/aromatic N) is 3. The van der Waals surface area contributed by atoms with E-state index in [1.54, 1.807) is 31.4 Å². The van der Waals surface area contributed by atoms with Gasteiger partial charge in [-0.25, -0.2) is 9.97 Å². The van der Waals surface area contributed by atoms with Gasteiger partial charge < -0.3 is 10.8 Å². The van der Waals surface area contributed by atoms with Crippen LogP contribution in [0.2, 0.25) is 0 Å². The van der Waals surface area contributed by atoms with Crippen LogP contribution in [0.5, 0.6) is 0 Å². The van der Waals surface area contributed by atoms with Crippen molar-refractivity contribution in [2.45, 2.75) is 71.3 Å². The summed E-state index contributed by atoms with van der Waals surface area (Å²) in [6, 6.07) is 16.0. The summed E-state index contributed by atoms with van der Waals surface area (Å²) in [5, 5.41) is 10.5. The van der Waals surface area contributed by atoms with Crippen LogP contribution in [0, 0.1) is 13.8 Å². The zero-order valence-corrected chi connectivity index (χ0v) is 24.7. The molecule has 8 heteroatoms. The lowest BCUT2D eigenvalue weighted by atomic mass is 10.2. The van der Waals surface area contributed by atoms with E-state index < -0.39 is 0 Å². The Hall–Kier alpha value is -3.20. The SMILES string of the molecule is CC(C)O.Cc1ccc(N)cc1.Cc1ccc(N=Cc2cnc(C3CC3)s2)cc1.O=Cc1cnc(C2CC2)s1. The maximum atomic E-state index is 10.2. The normalized spacial score (nSPS) is 14.0. The molecular weight excluding hydrogens is 525 g/mol. The number of benzene rings is 2. The number of aldehydes is 1. The fraction of sp³-hybridized carbons (Fsp3) is 0.355. The summed E-state index contributed by atoms with van der Waals surface area (Å²) in [7, 11) is 0. The number of aliphatic hydroxyl groups is 1. The van der Waals surface area contributed by atoms with Crippen LogP contribution in [-0.4, -0.2) is 33.7 Å². The monoisotopic (exact) mass is 562 g/mol. The first-order valence-electron chi connectivity index (χ1n) is 13.2. The van der Waals surface area contributed by atoms with Gasteiger partial charge in [0.2, 0.25) is 0 Å². The molecule has 206 valence electrons. The lowest BCUT2D eigenvalue weighted by molar-refractivity contribution is 0.112. The molecule has 0 aliphatic heterocycles. The summed E-state index contributed by atoms with van der Waals surface area (Å²) in [4.78, 5) is 25.2. The van der Waals surface area contributed by atoms with E-state index in [0.29, 0.717) is 5.92 Å². The van der Waals surface area contributed by atoms with Crippen molar-refractivity contribution in [3.8, 4) is 0 Å². The fourth-order valence-corrected chi connectivity index (χ4v) is 4.95. The van der Waals surface area contributed by atoms with Crippen molar-refractivity contribution < 1.29 is 9.90 Å². The Morgan fingerprint density at radius 2 is 1.28 bits per heavy atom. The Balaban J connectivity index is 0.000000163. The Labute approximate surface area is 239 Å². The first-order chi connectivity index (χ1) is 18.7. The first kappa shape index (κ1) is 30.3. The van der Waals surface area contributed by atoms with E-state index in [1.807, 2.05) is 55.7 Å². The summed E-state index contributed by atoms with van der Waals surface area (Å²) >= 11 is 3.29. The third kappa shape index (κ3) is 12.0. The van der Waals surface area contributed by atoms with Crippen LogP contribution in [0.3, 0.4) is 0 Å². The van der Waals surface area contributed by atoms with Gasteiger partial charge in [-0.3, -0.25) is 9.79 Å². The molecule has 6 rings (SSSR count). The molecule has 0 unspecified atom stereocenters. The van der Waals surface area contributed by atoms with E-state index in [4.69, 9.17) is 10.8 Å². The number of aryl methyl sites for hydroxylation is 2. The molecule has 0 amide bonds. The van der Waals surface area contributed by atoms with Gasteiger partial charge in [0.25, 0.3) is 0 Å². The minimum atomic E-state index is -0.167. The van der Waals surface area contributed by atoms with Crippen LogP contribution in [-0.2, 0) is 0 Å². The number of thiazole rings is 2. The summed E-state index contributed by atoms with van der Waals surface area (Å²) in [5.74, 6) is 1.42. The Bertz CT molecular complexity index is 1280. The van der Waals surface area contributed by atoms with Gasteiger partial charge in [0.1, 0.15) is 0 Å². The summed E-state index contributed by atoms with van der Waals surface area (Å²) in [6.45, 7) is 7.57. The van der Waals surface area contributed by atoms with E-state index in [9.17, 15) is 4.79 Å². The molecule has 2 aromatic carbocycles. The van der Waals surface area contributed by atoms with Gasteiger partial charge in [-0.15, -0.1) is 22.7 Å². The number of rotatable bonds is 5. The van der Waals surface area contributed by atoms with Gasteiger partial charge in [0.05, 0.1) is 25.5 Å². The summed E-state index contributed by atoms with van der Waals surface area (Å²) < 4.78 is 0. The van der Waals surface area contributed by atoms with Crippen molar-refractivity contribution >= 4 is 46.5 Å². The van der Waals surface area contributed by atoms with Gasteiger partial charge in [-0.1, -0.05) is 35.4 Å². The molecule has 2 saturated carbocycles. The van der Waals surface area contributed by atoms with Crippen LogP contribution >= 0.6 is 22.7 Å². The predicted molar refractivity (Wildman–Crippen MR) is 165 cm³/mol. The van der Waals surface area contributed by atoms with Crippen LogP contribution in [0.25, 0.3) is 0 Å². The van der Waals surface area contributed by atoms with E-state index >= 15 is 0 Å². The molecule has 0 bridgehead atoms. The molecule has 0 radical (unpaired) electrons. The number of carbonyl (C=O) groups is 1. The predicted octanol–water partition coefficient (Wildman–Crippen LogP) is 7.88. The lowest BCUT2D eigenvalue weighted by Gasteiger charge is -1.93. The Morgan fingerprint density at radius 1 is 0.846 bits per heavy atom. The van der Waals surface area contributed by atoms with Gasteiger partial charge in [-0.2, -0.15) is 0 Å². The molecule has 0 spiro atoms. The van der Waals surface area contributed by atoms with Crippen LogP contribution in [0.15, 0.2) is 65.9 Å². The second kappa shape index (κ2) is 15.4. The number of nitrogen functional groups attached to an aromatic ring is 1. The largest absolute Gasteiger partial charge is 0.399 e. The maximum absolute atomic E-state index is 10.2. The highest BCUT2D eigenvalue weighted by Crippen LogP contribution is 2.42. The number of nitrogens with two attached hydrogens (primary N) is 1. The highest BCUT2D eigenvalue weighted by molar-refractivity contribution is 7.13. The van der Waals surface area contributed by atoms with Crippen LogP contribution in [0.1, 0.15) is 87.1 Å². The van der Waals surface area contributed by atoms with E-state index in [-0.39, 0.29) is 6.10 Å². The minimum absolute atomic E-state index is 0.167. The first-order valence-corrected chi connectivity index (χ1v) is 14.8. The molecule has 0 saturated heterocycles. The molecule has 2 fully saturated rings. The molecule has 0 atom stereocenters. The molecule has 6 nitrogen and oxygen atoms in total. The Kier molecular flexibility index (Phi) is 12.0. The van der Waals surface area contributed by atoms with Crippen molar-refractivity contribution in [2.75, 3.05) is 5.73 Å². The second-order valence-corrected chi connectivity index (χ2v) is 12.2. The third-order valence-corrected chi connectivity index (χ3v) is 7.68. The number of hydrogen-bond acceptors (Lipinski definition) is 8. The lowest BCUT2D eigenvalue weighted by Crippen LogP contribution is -1.85. The quantitative estimate of drug-likeness (QED) is 0.146. The molecule has 4 aromatic rings. The van der Waals surface area contributed by atoms with Gasteiger partial charge in [0, 0.05) is 42.2 Å². The molecule has 2 heterocycles. The smallest absolute Gasteiger partial charge is 0.161 e. The van der Waals surface area contributed by atoms with Crippen LogP contribution in [0.4, 0.5) is 11.4 Å². The van der Waals surface area contributed by atoms with Crippen molar-refractivity contribution in [3.05, 3.63) is 91.8 Å². The van der Waals surface area contributed by atoms with E-state index in [0.717, 1.165) is 38.3 Å². The zero-order chi connectivity index (χ0) is 28.2. The fourth-order valence-electron chi connectivity index (χ4n) is 3.09. The molecule has 2 aromatic heterocycles. The topological polar surface area (TPSA) is 101 Å². The number of anilines is 1. The molecule has 2 aliphatic rings. The third-order valence-electron chi connectivity index (χ3n) is 5.50. The summed E-state index contributed by atoms with van der Waals surface area (Å²) in [6.07, 6.45) is 11.3.